The maximum atomic E-state index is 12.3. The summed E-state index contributed by atoms with van der Waals surface area (Å²) in [4.78, 5) is 22.5. The smallest absolute Gasteiger partial charge is 0.273 e. The van der Waals surface area contributed by atoms with Crippen LogP contribution in [0, 0.1) is 0 Å². The fourth-order valence-electron chi connectivity index (χ4n) is 2.50. The van der Waals surface area contributed by atoms with Crippen LogP contribution in [0.4, 0.5) is 11.5 Å². The normalized spacial score (nSPS) is 10.3. The van der Waals surface area contributed by atoms with E-state index in [0.717, 1.165) is 12.8 Å². The van der Waals surface area contributed by atoms with Crippen molar-refractivity contribution in [2.24, 2.45) is 0 Å². The summed E-state index contributed by atoms with van der Waals surface area (Å²) in [5.74, 6) is 1.91. The van der Waals surface area contributed by atoms with Gasteiger partial charge in [0.2, 0.25) is 5.75 Å². The summed E-state index contributed by atoms with van der Waals surface area (Å²) in [6, 6.07) is 3.53. The Morgan fingerprint density at radius 1 is 1.07 bits per heavy atom. The van der Waals surface area contributed by atoms with Crippen LogP contribution >= 0.6 is 0 Å². The van der Waals surface area contributed by atoms with E-state index in [1.165, 1.54) is 12.4 Å². The van der Waals surface area contributed by atoms with Crippen molar-refractivity contribution in [1.29, 1.82) is 0 Å². The molecule has 0 unspecified atom stereocenters. The summed E-state index contributed by atoms with van der Waals surface area (Å²) in [5, 5.41) is 3.12. The Balaban J connectivity index is 2.16. The van der Waals surface area contributed by atoms with Gasteiger partial charge in [0.1, 0.15) is 11.5 Å². The quantitative estimate of drug-likeness (QED) is 0.722. The molecule has 0 saturated heterocycles. The third-order valence-electron chi connectivity index (χ3n) is 4.00. The SMILES string of the molecule is CCCCN(C)C(=O)c1cnc(Nc2cc(OC)c(OC)c(OC)c2)cn1. The fraction of sp³-hybridized carbons (Fsp3) is 0.421. The topological polar surface area (TPSA) is 85.8 Å². The molecular weight excluding hydrogens is 348 g/mol. The molecule has 1 amide bonds. The van der Waals surface area contributed by atoms with Gasteiger partial charge in [-0.05, 0) is 6.42 Å². The molecule has 1 heterocycles. The number of rotatable bonds is 9. The molecule has 0 spiro atoms. The minimum absolute atomic E-state index is 0.143. The largest absolute Gasteiger partial charge is 0.493 e. The van der Waals surface area contributed by atoms with Crippen LogP contribution in [0.15, 0.2) is 24.5 Å². The van der Waals surface area contributed by atoms with Crippen LogP contribution in [0.1, 0.15) is 30.3 Å². The summed E-state index contributed by atoms with van der Waals surface area (Å²) >= 11 is 0. The highest BCUT2D eigenvalue weighted by molar-refractivity contribution is 5.91. The fourth-order valence-corrected chi connectivity index (χ4v) is 2.50. The molecule has 1 aromatic heterocycles. The lowest BCUT2D eigenvalue weighted by molar-refractivity contribution is 0.0787. The van der Waals surface area contributed by atoms with Crippen molar-refractivity contribution in [1.82, 2.24) is 14.9 Å². The summed E-state index contributed by atoms with van der Waals surface area (Å²) < 4.78 is 16.0. The standard InChI is InChI=1S/C19H26N4O4/c1-6-7-8-23(2)19(24)14-11-21-17(12-20-14)22-13-9-15(25-3)18(27-5)16(10-13)26-4/h9-12H,6-8H2,1-5H3,(H,21,22). The molecule has 27 heavy (non-hydrogen) atoms. The number of ether oxygens (including phenoxy) is 3. The molecule has 0 aliphatic carbocycles. The Kier molecular flexibility index (Phi) is 7.22. The number of amides is 1. The summed E-state index contributed by atoms with van der Waals surface area (Å²) in [6.45, 7) is 2.78. The van der Waals surface area contributed by atoms with Gasteiger partial charge in [-0.3, -0.25) is 4.79 Å². The number of carbonyl (C=O) groups excluding carboxylic acids is 1. The van der Waals surface area contributed by atoms with Crippen molar-refractivity contribution in [2.75, 3.05) is 40.2 Å². The van der Waals surface area contributed by atoms with Gasteiger partial charge in [0.05, 0.1) is 33.7 Å². The van der Waals surface area contributed by atoms with E-state index >= 15 is 0 Å². The predicted molar refractivity (Wildman–Crippen MR) is 103 cm³/mol. The first-order chi connectivity index (χ1) is 13.0. The van der Waals surface area contributed by atoms with Gasteiger partial charge in [0.15, 0.2) is 11.5 Å². The van der Waals surface area contributed by atoms with Crippen LogP contribution in [0.5, 0.6) is 17.2 Å². The van der Waals surface area contributed by atoms with Crippen molar-refractivity contribution in [3.8, 4) is 17.2 Å². The number of unbranched alkanes of at least 4 members (excludes halogenated alkanes) is 1. The van der Waals surface area contributed by atoms with Gasteiger partial charge in [-0.25, -0.2) is 9.97 Å². The van der Waals surface area contributed by atoms with Crippen LogP contribution in [0.3, 0.4) is 0 Å². The van der Waals surface area contributed by atoms with Crippen molar-refractivity contribution < 1.29 is 19.0 Å². The summed E-state index contributed by atoms with van der Waals surface area (Å²) in [5.41, 5.74) is 1.00. The molecule has 0 aliphatic heterocycles. The first kappa shape index (κ1) is 20.3. The predicted octanol–water partition coefficient (Wildman–Crippen LogP) is 3.12. The van der Waals surface area contributed by atoms with E-state index < -0.39 is 0 Å². The third kappa shape index (κ3) is 4.99. The van der Waals surface area contributed by atoms with Crippen molar-refractivity contribution in [3.63, 3.8) is 0 Å². The maximum absolute atomic E-state index is 12.3. The van der Waals surface area contributed by atoms with Gasteiger partial charge >= 0.3 is 0 Å². The van der Waals surface area contributed by atoms with Crippen LogP contribution in [0.25, 0.3) is 0 Å². The van der Waals surface area contributed by atoms with E-state index in [4.69, 9.17) is 14.2 Å². The van der Waals surface area contributed by atoms with E-state index in [-0.39, 0.29) is 5.91 Å². The Labute approximate surface area is 159 Å². The molecule has 0 atom stereocenters. The second-order valence-electron chi connectivity index (χ2n) is 5.91. The number of hydrogen-bond acceptors (Lipinski definition) is 7. The molecule has 8 nitrogen and oxygen atoms in total. The molecule has 0 fully saturated rings. The Bertz CT molecular complexity index is 740. The molecule has 1 N–H and O–H groups in total. The average Bonchev–Trinajstić information content (AvgIpc) is 2.71. The first-order valence-corrected chi connectivity index (χ1v) is 8.68. The van der Waals surface area contributed by atoms with E-state index in [0.29, 0.717) is 41.0 Å². The van der Waals surface area contributed by atoms with Crippen LogP contribution in [0.2, 0.25) is 0 Å². The van der Waals surface area contributed by atoms with Crippen molar-refractivity contribution in [3.05, 3.63) is 30.2 Å². The highest BCUT2D eigenvalue weighted by atomic mass is 16.5. The molecular formula is C19H26N4O4. The van der Waals surface area contributed by atoms with Gasteiger partial charge in [0.25, 0.3) is 5.91 Å². The lowest BCUT2D eigenvalue weighted by Crippen LogP contribution is -2.28. The van der Waals surface area contributed by atoms with Gasteiger partial charge in [-0.1, -0.05) is 13.3 Å². The lowest BCUT2D eigenvalue weighted by atomic mass is 10.2. The maximum Gasteiger partial charge on any atom is 0.273 e. The number of aromatic nitrogens is 2. The first-order valence-electron chi connectivity index (χ1n) is 8.68. The molecule has 0 bridgehead atoms. The second kappa shape index (κ2) is 9.61. The Hall–Kier alpha value is -3.03. The molecule has 2 aromatic rings. The number of nitrogens with zero attached hydrogens (tertiary/aromatic N) is 3. The van der Waals surface area contributed by atoms with Crippen LogP contribution in [-0.4, -0.2) is 55.7 Å². The zero-order valence-corrected chi connectivity index (χ0v) is 16.4. The van der Waals surface area contributed by atoms with Crippen molar-refractivity contribution >= 4 is 17.4 Å². The average molecular weight is 374 g/mol. The van der Waals surface area contributed by atoms with E-state index in [9.17, 15) is 4.79 Å². The minimum Gasteiger partial charge on any atom is -0.493 e. The minimum atomic E-state index is -0.143. The van der Waals surface area contributed by atoms with Crippen molar-refractivity contribution in [2.45, 2.75) is 19.8 Å². The van der Waals surface area contributed by atoms with Gasteiger partial charge in [-0.2, -0.15) is 0 Å². The van der Waals surface area contributed by atoms with Gasteiger partial charge < -0.3 is 24.4 Å². The zero-order chi connectivity index (χ0) is 19.8. The number of benzene rings is 1. The van der Waals surface area contributed by atoms with Gasteiger partial charge in [-0.15, -0.1) is 0 Å². The lowest BCUT2D eigenvalue weighted by Gasteiger charge is -2.16. The number of hydrogen-bond donors (Lipinski definition) is 1. The van der Waals surface area contributed by atoms with E-state index in [1.807, 2.05) is 0 Å². The van der Waals surface area contributed by atoms with Crippen LogP contribution < -0.4 is 19.5 Å². The monoisotopic (exact) mass is 374 g/mol. The Morgan fingerprint density at radius 3 is 2.22 bits per heavy atom. The zero-order valence-electron chi connectivity index (χ0n) is 16.4. The molecule has 0 radical (unpaired) electrons. The highest BCUT2D eigenvalue weighted by Gasteiger charge is 2.15. The summed E-state index contributed by atoms with van der Waals surface area (Å²) in [7, 11) is 6.42. The second-order valence-corrected chi connectivity index (χ2v) is 5.91. The number of carbonyl (C=O) groups is 1. The molecule has 0 saturated carbocycles. The Morgan fingerprint density at radius 2 is 1.74 bits per heavy atom. The number of methoxy groups -OCH3 is 3. The molecule has 0 aliphatic rings. The molecule has 8 heteroatoms. The van der Waals surface area contributed by atoms with Gasteiger partial charge in [0, 0.05) is 31.4 Å². The van der Waals surface area contributed by atoms with E-state index in [2.05, 4.69) is 22.2 Å². The number of nitrogens with one attached hydrogen (secondary N) is 1. The highest BCUT2D eigenvalue weighted by Crippen LogP contribution is 2.40. The molecule has 1 aromatic carbocycles. The summed E-state index contributed by atoms with van der Waals surface area (Å²) in [6.07, 6.45) is 4.96. The number of anilines is 2. The van der Waals surface area contributed by atoms with Crippen LogP contribution in [-0.2, 0) is 0 Å². The molecule has 2 rings (SSSR count). The third-order valence-corrected chi connectivity index (χ3v) is 4.00. The van der Waals surface area contributed by atoms with E-state index in [1.54, 1.807) is 45.4 Å². The molecule has 146 valence electrons.